The molecule has 0 amide bonds. The van der Waals surface area contributed by atoms with E-state index in [0.717, 1.165) is 16.9 Å². The van der Waals surface area contributed by atoms with Crippen LogP contribution in [0.5, 0.6) is 5.75 Å². The van der Waals surface area contributed by atoms with Gasteiger partial charge in [0, 0.05) is 0 Å². The van der Waals surface area contributed by atoms with Gasteiger partial charge in [0.15, 0.2) is 0 Å². The Morgan fingerprint density at radius 1 is 1.50 bits per heavy atom. The molecule has 2 rings (SSSR count). The van der Waals surface area contributed by atoms with E-state index in [1.165, 1.54) is 0 Å². The summed E-state index contributed by atoms with van der Waals surface area (Å²) < 4.78 is 10.4. The quantitative estimate of drug-likeness (QED) is 0.715. The molecular weight excluding hydrogens is 204 g/mol. The number of carbonyl (C=O) groups is 1. The van der Waals surface area contributed by atoms with E-state index < -0.39 is 5.97 Å². The van der Waals surface area contributed by atoms with Crippen molar-refractivity contribution in [2.24, 2.45) is 0 Å². The van der Waals surface area contributed by atoms with E-state index >= 15 is 0 Å². The number of aryl methyl sites for hydroxylation is 1. The Kier molecular flexibility index (Phi) is 2.95. The second kappa shape index (κ2) is 4.39. The standard InChI is InChI=1S/C13H14O3/c1-3-15-13(14)11-7-6-10-5-4-9(2)8-12(10)16-11/h4-5,7-8H,3,6H2,1-2H3. The van der Waals surface area contributed by atoms with Crippen LogP contribution in [0.2, 0.25) is 0 Å². The first kappa shape index (κ1) is 10.7. The number of hydrogen-bond acceptors (Lipinski definition) is 3. The minimum Gasteiger partial charge on any atom is -0.460 e. The first-order valence-electron chi connectivity index (χ1n) is 5.35. The van der Waals surface area contributed by atoms with Crippen LogP contribution in [0, 0.1) is 6.92 Å². The molecule has 16 heavy (non-hydrogen) atoms. The maximum absolute atomic E-state index is 11.5. The van der Waals surface area contributed by atoms with Crippen molar-refractivity contribution >= 4 is 5.97 Å². The second-order valence-corrected chi connectivity index (χ2v) is 3.71. The zero-order valence-corrected chi connectivity index (χ0v) is 9.45. The first-order valence-corrected chi connectivity index (χ1v) is 5.35. The highest BCUT2D eigenvalue weighted by molar-refractivity contribution is 5.87. The Morgan fingerprint density at radius 2 is 2.31 bits per heavy atom. The lowest BCUT2D eigenvalue weighted by atomic mass is 10.1. The van der Waals surface area contributed by atoms with Crippen molar-refractivity contribution in [1.82, 2.24) is 0 Å². The molecular formula is C13H14O3. The summed E-state index contributed by atoms with van der Waals surface area (Å²) in [7, 11) is 0. The molecule has 0 aromatic heterocycles. The lowest BCUT2D eigenvalue weighted by molar-refractivity contribution is -0.141. The predicted octanol–water partition coefficient (Wildman–Crippen LogP) is 2.38. The zero-order valence-electron chi connectivity index (χ0n) is 9.45. The highest BCUT2D eigenvalue weighted by Gasteiger charge is 2.19. The average Bonchev–Trinajstić information content (AvgIpc) is 2.28. The minimum absolute atomic E-state index is 0.292. The maximum atomic E-state index is 11.5. The summed E-state index contributed by atoms with van der Waals surface area (Å²) in [5.41, 5.74) is 2.21. The van der Waals surface area contributed by atoms with Gasteiger partial charge in [0.2, 0.25) is 5.76 Å². The molecule has 1 aliphatic heterocycles. The smallest absolute Gasteiger partial charge is 0.373 e. The van der Waals surface area contributed by atoms with Crippen LogP contribution in [-0.2, 0) is 16.0 Å². The van der Waals surface area contributed by atoms with E-state index in [1.807, 2.05) is 25.1 Å². The second-order valence-electron chi connectivity index (χ2n) is 3.71. The number of fused-ring (bicyclic) bond motifs is 1. The number of carbonyl (C=O) groups excluding carboxylic acids is 1. The van der Waals surface area contributed by atoms with E-state index in [9.17, 15) is 4.79 Å². The van der Waals surface area contributed by atoms with Crippen molar-refractivity contribution in [2.45, 2.75) is 20.3 Å². The molecule has 0 atom stereocenters. The topological polar surface area (TPSA) is 35.5 Å². The Morgan fingerprint density at radius 3 is 3.06 bits per heavy atom. The molecule has 1 heterocycles. The molecule has 1 aromatic rings. The summed E-state index contributed by atoms with van der Waals surface area (Å²) in [4.78, 5) is 11.5. The lowest BCUT2D eigenvalue weighted by Gasteiger charge is -2.17. The molecule has 3 nitrogen and oxygen atoms in total. The molecule has 0 aliphatic carbocycles. The molecule has 1 aromatic carbocycles. The monoisotopic (exact) mass is 218 g/mol. The van der Waals surface area contributed by atoms with Crippen LogP contribution in [0.15, 0.2) is 30.0 Å². The van der Waals surface area contributed by atoms with Gasteiger partial charge in [0.05, 0.1) is 6.61 Å². The van der Waals surface area contributed by atoms with Crippen molar-refractivity contribution in [3.63, 3.8) is 0 Å². The summed E-state index contributed by atoms with van der Waals surface area (Å²) in [6.45, 7) is 4.13. The van der Waals surface area contributed by atoms with E-state index in [4.69, 9.17) is 9.47 Å². The summed E-state index contributed by atoms with van der Waals surface area (Å²) in [6.07, 6.45) is 2.47. The van der Waals surface area contributed by atoms with Gasteiger partial charge in [-0.3, -0.25) is 0 Å². The van der Waals surface area contributed by atoms with Crippen LogP contribution >= 0.6 is 0 Å². The first-order chi connectivity index (χ1) is 7.70. The number of esters is 1. The van der Waals surface area contributed by atoms with Gasteiger partial charge >= 0.3 is 5.97 Å². The fourth-order valence-corrected chi connectivity index (χ4v) is 1.62. The predicted molar refractivity (Wildman–Crippen MR) is 60.2 cm³/mol. The molecule has 0 saturated heterocycles. The van der Waals surface area contributed by atoms with Gasteiger partial charge in [-0.2, -0.15) is 0 Å². The third kappa shape index (κ3) is 2.08. The Hall–Kier alpha value is -1.77. The van der Waals surface area contributed by atoms with Gasteiger partial charge in [-0.1, -0.05) is 12.1 Å². The lowest BCUT2D eigenvalue weighted by Crippen LogP contribution is -2.16. The highest BCUT2D eigenvalue weighted by atomic mass is 16.6. The number of hydrogen-bond donors (Lipinski definition) is 0. The van der Waals surface area contributed by atoms with Gasteiger partial charge in [-0.15, -0.1) is 0 Å². The van der Waals surface area contributed by atoms with E-state index in [0.29, 0.717) is 18.8 Å². The Bertz CT molecular complexity index is 446. The van der Waals surface area contributed by atoms with Crippen molar-refractivity contribution < 1.29 is 14.3 Å². The third-order valence-electron chi connectivity index (χ3n) is 2.43. The fourth-order valence-electron chi connectivity index (χ4n) is 1.62. The van der Waals surface area contributed by atoms with Crippen LogP contribution in [0.25, 0.3) is 0 Å². The normalized spacial score (nSPS) is 13.5. The van der Waals surface area contributed by atoms with Crippen LogP contribution in [-0.4, -0.2) is 12.6 Å². The molecule has 0 bridgehead atoms. The highest BCUT2D eigenvalue weighted by Crippen LogP contribution is 2.27. The zero-order chi connectivity index (χ0) is 11.5. The van der Waals surface area contributed by atoms with Crippen LogP contribution < -0.4 is 4.74 Å². The maximum Gasteiger partial charge on any atom is 0.373 e. The fraction of sp³-hybridized carbons (Fsp3) is 0.308. The molecule has 0 unspecified atom stereocenters. The third-order valence-corrected chi connectivity index (χ3v) is 2.43. The molecule has 1 aliphatic rings. The van der Waals surface area contributed by atoms with Crippen molar-refractivity contribution in [1.29, 1.82) is 0 Å². The molecule has 0 N–H and O–H groups in total. The van der Waals surface area contributed by atoms with E-state index in [2.05, 4.69) is 0 Å². The van der Waals surface area contributed by atoms with Gasteiger partial charge in [0.1, 0.15) is 5.75 Å². The van der Waals surface area contributed by atoms with E-state index in [-0.39, 0.29) is 0 Å². The number of rotatable bonds is 2. The van der Waals surface area contributed by atoms with Gasteiger partial charge in [0.25, 0.3) is 0 Å². The molecule has 3 heteroatoms. The molecule has 0 radical (unpaired) electrons. The molecule has 84 valence electrons. The van der Waals surface area contributed by atoms with Crippen LogP contribution in [0.3, 0.4) is 0 Å². The minimum atomic E-state index is -0.394. The molecule has 0 saturated carbocycles. The number of ether oxygens (including phenoxy) is 2. The largest absolute Gasteiger partial charge is 0.460 e. The summed E-state index contributed by atoms with van der Waals surface area (Å²) in [5, 5.41) is 0. The Labute approximate surface area is 94.7 Å². The van der Waals surface area contributed by atoms with Crippen molar-refractivity contribution in [3.8, 4) is 5.75 Å². The van der Waals surface area contributed by atoms with Gasteiger partial charge in [-0.05, 0) is 43.5 Å². The van der Waals surface area contributed by atoms with Crippen LogP contribution in [0.4, 0.5) is 0 Å². The Balaban J connectivity index is 2.20. The molecule has 0 fully saturated rings. The van der Waals surface area contributed by atoms with Gasteiger partial charge < -0.3 is 9.47 Å². The van der Waals surface area contributed by atoms with Gasteiger partial charge in [-0.25, -0.2) is 4.79 Å². The van der Waals surface area contributed by atoms with Crippen molar-refractivity contribution in [2.75, 3.05) is 6.61 Å². The summed E-state index contributed by atoms with van der Waals surface area (Å²) in [5.74, 6) is 0.653. The average molecular weight is 218 g/mol. The summed E-state index contributed by atoms with van der Waals surface area (Å²) >= 11 is 0. The summed E-state index contributed by atoms with van der Waals surface area (Å²) in [6, 6.07) is 5.98. The van der Waals surface area contributed by atoms with Crippen LogP contribution in [0.1, 0.15) is 18.1 Å². The SMILES string of the molecule is CCOC(=O)C1=CCc2ccc(C)cc2O1. The van der Waals surface area contributed by atoms with E-state index in [1.54, 1.807) is 13.0 Å². The van der Waals surface area contributed by atoms with Crippen molar-refractivity contribution in [3.05, 3.63) is 41.2 Å². The molecule has 0 spiro atoms. The number of allylic oxidation sites excluding steroid dienone is 1. The number of benzene rings is 1.